The van der Waals surface area contributed by atoms with E-state index in [4.69, 9.17) is 4.74 Å². The highest BCUT2D eigenvalue weighted by molar-refractivity contribution is 7.88. The van der Waals surface area contributed by atoms with Crippen molar-refractivity contribution in [3.8, 4) is 0 Å². The van der Waals surface area contributed by atoms with Gasteiger partial charge in [0.25, 0.3) is 0 Å². The Morgan fingerprint density at radius 3 is 2.67 bits per heavy atom. The molecule has 6 heteroatoms. The van der Waals surface area contributed by atoms with Crippen LogP contribution in [0.25, 0.3) is 0 Å². The number of rotatable bonds is 3. The molecule has 3 rings (SSSR count). The van der Waals surface area contributed by atoms with Crippen LogP contribution in [0.1, 0.15) is 31.2 Å². The molecule has 4 nitrogen and oxygen atoms in total. The summed E-state index contributed by atoms with van der Waals surface area (Å²) in [6, 6.07) is 5.64. The third-order valence-corrected chi connectivity index (χ3v) is 6.17. The first-order valence-corrected chi connectivity index (χ1v) is 9.03. The van der Waals surface area contributed by atoms with Gasteiger partial charge in [0.1, 0.15) is 5.82 Å². The first kappa shape index (κ1) is 14.9. The van der Waals surface area contributed by atoms with E-state index >= 15 is 0 Å². The van der Waals surface area contributed by atoms with E-state index < -0.39 is 10.0 Å². The van der Waals surface area contributed by atoms with Gasteiger partial charge in [0.05, 0.1) is 24.5 Å². The Bertz CT molecular complexity index is 585. The Kier molecular flexibility index (Phi) is 4.28. The minimum Gasteiger partial charge on any atom is -0.375 e. The second-order valence-corrected chi connectivity index (χ2v) is 7.68. The highest BCUT2D eigenvalue weighted by Gasteiger charge is 2.40. The van der Waals surface area contributed by atoms with E-state index in [1.807, 2.05) is 0 Å². The molecule has 1 saturated heterocycles. The molecule has 1 aromatic carbocycles. The van der Waals surface area contributed by atoms with Crippen molar-refractivity contribution in [2.45, 2.75) is 43.6 Å². The number of benzene rings is 1. The monoisotopic (exact) mass is 313 g/mol. The van der Waals surface area contributed by atoms with Crippen LogP contribution in [-0.2, 0) is 20.5 Å². The second kappa shape index (κ2) is 6.02. The Balaban J connectivity index is 1.78. The molecule has 0 radical (unpaired) electrons. The first-order chi connectivity index (χ1) is 10.1. The van der Waals surface area contributed by atoms with Crippen molar-refractivity contribution in [3.05, 3.63) is 35.6 Å². The quantitative estimate of drug-likeness (QED) is 0.860. The molecule has 21 heavy (non-hydrogen) atoms. The van der Waals surface area contributed by atoms with Gasteiger partial charge in [-0.05, 0) is 30.5 Å². The Labute approximate surface area is 125 Å². The summed E-state index contributed by atoms with van der Waals surface area (Å²) in [5, 5.41) is 0. The predicted octanol–water partition coefficient (Wildman–Crippen LogP) is 2.30. The summed E-state index contributed by atoms with van der Waals surface area (Å²) in [5.41, 5.74) is 0.621. The summed E-state index contributed by atoms with van der Waals surface area (Å²) in [6.45, 7) is 0.883. The van der Waals surface area contributed by atoms with Crippen LogP contribution in [0.3, 0.4) is 0 Å². The number of sulfonamides is 1. The molecule has 1 saturated carbocycles. The fourth-order valence-electron chi connectivity index (χ4n) is 3.28. The molecule has 0 spiro atoms. The molecular formula is C15H20FNO3S. The standard InChI is InChI=1S/C15H20FNO3S/c16-13-7-5-12(6-8-13)11-21(18,19)17-9-10-20-15-4-2-1-3-14(15)17/h5-8,14-15H,1-4,9-11H2. The van der Waals surface area contributed by atoms with E-state index in [9.17, 15) is 12.8 Å². The molecule has 2 unspecified atom stereocenters. The van der Waals surface area contributed by atoms with Crippen LogP contribution in [0.4, 0.5) is 4.39 Å². The molecule has 1 heterocycles. The van der Waals surface area contributed by atoms with Gasteiger partial charge in [0, 0.05) is 6.54 Å². The third kappa shape index (κ3) is 3.27. The van der Waals surface area contributed by atoms with E-state index in [0.717, 1.165) is 25.7 Å². The number of fused-ring (bicyclic) bond motifs is 1. The van der Waals surface area contributed by atoms with Crippen LogP contribution in [0.15, 0.2) is 24.3 Å². The molecule has 0 bridgehead atoms. The zero-order valence-electron chi connectivity index (χ0n) is 11.9. The molecule has 1 aromatic rings. The summed E-state index contributed by atoms with van der Waals surface area (Å²) in [4.78, 5) is 0. The van der Waals surface area contributed by atoms with Gasteiger partial charge in [-0.1, -0.05) is 25.0 Å². The van der Waals surface area contributed by atoms with Crippen molar-refractivity contribution in [2.24, 2.45) is 0 Å². The Hall–Kier alpha value is -0.980. The molecule has 2 aliphatic rings. The van der Waals surface area contributed by atoms with Crippen LogP contribution in [0.2, 0.25) is 0 Å². The van der Waals surface area contributed by atoms with Gasteiger partial charge in [-0.25, -0.2) is 12.8 Å². The van der Waals surface area contributed by atoms with Gasteiger partial charge < -0.3 is 4.74 Å². The topological polar surface area (TPSA) is 46.6 Å². The number of ether oxygens (including phenoxy) is 1. The maximum atomic E-state index is 12.9. The third-order valence-electron chi connectivity index (χ3n) is 4.30. The average Bonchev–Trinajstić information content (AvgIpc) is 2.49. The highest BCUT2D eigenvalue weighted by Crippen LogP contribution is 2.31. The summed E-state index contributed by atoms with van der Waals surface area (Å²) >= 11 is 0. The van der Waals surface area contributed by atoms with E-state index in [2.05, 4.69) is 0 Å². The molecule has 0 N–H and O–H groups in total. The predicted molar refractivity (Wildman–Crippen MR) is 77.7 cm³/mol. The Morgan fingerprint density at radius 1 is 1.19 bits per heavy atom. The lowest BCUT2D eigenvalue weighted by Gasteiger charge is -2.42. The number of hydrogen-bond donors (Lipinski definition) is 0. The molecule has 0 aromatic heterocycles. The molecule has 0 amide bonds. The van der Waals surface area contributed by atoms with E-state index in [-0.39, 0.29) is 23.7 Å². The van der Waals surface area contributed by atoms with Gasteiger partial charge in [0.2, 0.25) is 10.0 Å². The maximum Gasteiger partial charge on any atom is 0.218 e. The van der Waals surface area contributed by atoms with Crippen molar-refractivity contribution in [3.63, 3.8) is 0 Å². The lowest BCUT2D eigenvalue weighted by molar-refractivity contribution is -0.0586. The van der Waals surface area contributed by atoms with E-state index in [1.54, 1.807) is 4.31 Å². The van der Waals surface area contributed by atoms with Gasteiger partial charge in [-0.15, -0.1) is 0 Å². The highest BCUT2D eigenvalue weighted by atomic mass is 32.2. The van der Waals surface area contributed by atoms with Crippen molar-refractivity contribution in [1.29, 1.82) is 0 Å². The van der Waals surface area contributed by atoms with E-state index in [0.29, 0.717) is 18.7 Å². The number of morpholine rings is 1. The SMILES string of the molecule is O=S(=O)(Cc1ccc(F)cc1)N1CCOC2CCCCC21. The summed E-state index contributed by atoms with van der Waals surface area (Å²) in [6.07, 6.45) is 4.00. The van der Waals surface area contributed by atoms with Crippen molar-refractivity contribution in [2.75, 3.05) is 13.2 Å². The van der Waals surface area contributed by atoms with Crippen molar-refractivity contribution >= 4 is 10.0 Å². The van der Waals surface area contributed by atoms with Crippen LogP contribution in [0.5, 0.6) is 0 Å². The normalized spacial score (nSPS) is 27.3. The minimum atomic E-state index is -3.39. The number of nitrogens with zero attached hydrogens (tertiary/aromatic N) is 1. The van der Waals surface area contributed by atoms with Crippen LogP contribution in [-0.4, -0.2) is 38.0 Å². The molecule has 2 atom stereocenters. The van der Waals surface area contributed by atoms with Crippen LogP contribution in [0, 0.1) is 5.82 Å². The number of halogens is 1. The second-order valence-electron chi connectivity index (χ2n) is 5.75. The van der Waals surface area contributed by atoms with E-state index in [1.165, 1.54) is 24.3 Å². The molecule has 1 aliphatic carbocycles. The van der Waals surface area contributed by atoms with Crippen molar-refractivity contribution < 1.29 is 17.5 Å². The minimum absolute atomic E-state index is 0.0297. The maximum absolute atomic E-state index is 12.9. The summed E-state index contributed by atoms with van der Waals surface area (Å²) in [7, 11) is -3.39. The van der Waals surface area contributed by atoms with Crippen LogP contribution >= 0.6 is 0 Å². The smallest absolute Gasteiger partial charge is 0.218 e. The van der Waals surface area contributed by atoms with Crippen LogP contribution < -0.4 is 0 Å². The van der Waals surface area contributed by atoms with Crippen molar-refractivity contribution in [1.82, 2.24) is 4.31 Å². The molecule has 1 aliphatic heterocycles. The molecule has 2 fully saturated rings. The summed E-state index contributed by atoms with van der Waals surface area (Å²) in [5.74, 6) is -0.425. The van der Waals surface area contributed by atoms with Gasteiger partial charge in [-0.3, -0.25) is 0 Å². The zero-order valence-corrected chi connectivity index (χ0v) is 12.7. The number of hydrogen-bond acceptors (Lipinski definition) is 3. The van der Waals surface area contributed by atoms with Gasteiger partial charge in [0.15, 0.2) is 0 Å². The lowest BCUT2D eigenvalue weighted by atomic mass is 9.91. The Morgan fingerprint density at radius 2 is 1.90 bits per heavy atom. The molecular weight excluding hydrogens is 293 g/mol. The first-order valence-electron chi connectivity index (χ1n) is 7.42. The van der Waals surface area contributed by atoms with Gasteiger partial charge >= 0.3 is 0 Å². The fourth-order valence-corrected chi connectivity index (χ4v) is 5.07. The fraction of sp³-hybridized carbons (Fsp3) is 0.600. The molecule has 116 valence electrons. The average molecular weight is 313 g/mol. The summed E-state index contributed by atoms with van der Waals surface area (Å²) < 4.78 is 45.6. The largest absolute Gasteiger partial charge is 0.375 e. The zero-order chi connectivity index (χ0) is 14.9. The van der Waals surface area contributed by atoms with Gasteiger partial charge in [-0.2, -0.15) is 4.31 Å². The lowest BCUT2D eigenvalue weighted by Crippen LogP contribution is -2.54.